The van der Waals surface area contributed by atoms with Crippen LogP contribution in [0, 0.1) is 0 Å². The Hall–Kier alpha value is -0.680. The van der Waals surface area contributed by atoms with Gasteiger partial charge in [-0.15, -0.1) is 0 Å². The minimum Gasteiger partial charge on any atom is -0.469 e. The molecule has 1 rings (SSSR count). The van der Waals surface area contributed by atoms with Gasteiger partial charge in [0.2, 0.25) is 0 Å². The van der Waals surface area contributed by atoms with E-state index in [4.69, 9.17) is 5.73 Å². The van der Waals surface area contributed by atoms with Crippen LogP contribution in [0.1, 0.15) is 12.0 Å². The minimum absolute atomic E-state index is 0.164. The molecule has 0 amide bonds. The maximum atomic E-state index is 10.9. The van der Waals surface area contributed by atoms with E-state index in [0.717, 1.165) is 27.2 Å². The van der Waals surface area contributed by atoms with Crippen molar-refractivity contribution in [3.63, 3.8) is 0 Å². The topological polar surface area (TPSA) is 52.3 Å². The van der Waals surface area contributed by atoms with E-state index in [1.54, 1.807) is 11.8 Å². The fourth-order valence-electron chi connectivity index (χ4n) is 1.13. The molecule has 0 aliphatic heterocycles. The number of carbonyl (C=O) groups is 1. The summed E-state index contributed by atoms with van der Waals surface area (Å²) in [6.07, 6.45) is 0.452. The van der Waals surface area contributed by atoms with Gasteiger partial charge in [0.05, 0.1) is 13.5 Å². The van der Waals surface area contributed by atoms with Crippen molar-refractivity contribution in [3.8, 4) is 0 Å². The van der Waals surface area contributed by atoms with Gasteiger partial charge in [0.1, 0.15) is 0 Å². The number of esters is 1. The Balaban J connectivity index is 2.32. The molecule has 2 N–H and O–H groups in total. The summed E-state index contributed by atoms with van der Waals surface area (Å²) < 4.78 is 5.47. The first-order valence-corrected chi connectivity index (χ1v) is 6.76. The maximum Gasteiger partial charge on any atom is 0.306 e. The number of anilines is 1. The van der Waals surface area contributed by atoms with Gasteiger partial charge in [0.15, 0.2) is 0 Å². The van der Waals surface area contributed by atoms with Crippen molar-refractivity contribution < 1.29 is 9.53 Å². The zero-order valence-electron chi connectivity index (χ0n) is 9.03. The Morgan fingerprint density at radius 1 is 1.56 bits per heavy atom. The van der Waals surface area contributed by atoms with Gasteiger partial charge in [-0.3, -0.25) is 4.79 Å². The standard InChI is InChI=1S/C11H14BrNO2S/c1-15-11(14)4-5-16-7-8-2-3-9(12)10(13)6-8/h2-3,6H,4-5,7,13H2,1H3. The molecular weight excluding hydrogens is 290 g/mol. The summed E-state index contributed by atoms with van der Waals surface area (Å²) in [5.41, 5.74) is 7.67. The Bertz CT molecular complexity index is 371. The molecule has 0 atom stereocenters. The van der Waals surface area contributed by atoms with E-state index in [2.05, 4.69) is 20.7 Å². The number of carbonyl (C=O) groups excluding carboxylic acids is 1. The fraction of sp³-hybridized carbons (Fsp3) is 0.364. The average molecular weight is 304 g/mol. The predicted molar refractivity (Wildman–Crippen MR) is 71.3 cm³/mol. The van der Waals surface area contributed by atoms with Crippen LogP contribution in [0.25, 0.3) is 0 Å². The van der Waals surface area contributed by atoms with Crippen LogP contribution in [0.4, 0.5) is 5.69 Å². The van der Waals surface area contributed by atoms with Crippen molar-refractivity contribution >= 4 is 39.3 Å². The highest BCUT2D eigenvalue weighted by atomic mass is 79.9. The summed E-state index contributed by atoms with van der Waals surface area (Å²) in [6, 6.07) is 5.90. The molecule has 88 valence electrons. The lowest BCUT2D eigenvalue weighted by Gasteiger charge is -2.04. The zero-order valence-corrected chi connectivity index (χ0v) is 11.4. The Labute approximate surface area is 108 Å². The molecule has 1 aromatic rings. The lowest BCUT2D eigenvalue weighted by atomic mass is 10.2. The summed E-state index contributed by atoms with van der Waals surface area (Å²) in [4.78, 5) is 10.9. The highest BCUT2D eigenvalue weighted by molar-refractivity contribution is 9.10. The summed E-state index contributed by atoms with van der Waals surface area (Å²) in [5.74, 6) is 1.46. The number of halogens is 1. The molecule has 0 saturated heterocycles. The van der Waals surface area contributed by atoms with E-state index in [-0.39, 0.29) is 5.97 Å². The predicted octanol–water partition coefficient (Wildman–Crippen LogP) is 2.83. The van der Waals surface area contributed by atoms with Gasteiger partial charge in [-0.25, -0.2) is 0 Å². The van der Waals surface area contributed by atoms with Crippen LogP contribution in [0.5, 0.6) is 0 Å². The smallest absolute Gasteiger partial charge is 0.306 e. The first-order chi connectivity index (χ1) is 7.63. The van der Waals surface area contributed by atoms with Crippen LogP contribution in [-0.2, 0) is 15.3 Å². The number of nitrogens with two attached hydrogens (primary N) is 1. The summed E-state index contributed by atoms with van der Waals surface area (Å²) in [7, 11) is 1.41. The summed E-state index contributed by atoms with van der Waals surface area (Å²) in [6.45, 7) is 0. The van der Waals surface area contributed by atoms with E-state index < -0.39 is 0 Å². The lowest BCUT2D eigenvalue weighted by molar-refractivity contribution is -0.140. The minimum atomic E-state index is -0.164. The van der Waals surface area contributed by atoms with E-state index in [1.165, 1.54) is 7.11 Å². The highest BCUT2D eigenvalue weighted by Crippen LogP contribution is 2.22. The van der Waals surface area contributed by atoms with E-state index in [0.29, 0.717) is 6.42 Å². The van der Waals surface area contributed by atoms with Gasteiger partial charge in [-0.2, -0.15) is 11.8 Å². The molecule has 0 aromatic heterocycles. The van der Waals surface area contributed by atoms with Crippen molar-refractivity contribution in [2.45, 2.75) is 12.2 Å². The molecule has 0 unspecified atom stereocenters. The van der Waals surface area contributed by atoms with Gasteiger partial charge in [-0.1, -0.05) is 6.07 Å². The van der Waals surface area contributed by atoms with Crippen molar-refractivity contribution in [3.05, 3.63) is 28.2 Å². The Morgan fingerprint density at radius 3 is 2.94 bits per heavy atom. The summed E-state index contributed by atoms with van der Waals surface area (Å²) >= 11 is 5.04. The SMILES string of the molecule is COC(=O)CCSCc1ccc(Br)c(N)c1. The second-order valence-corrected chi connectivity index (χ2v) is 5.19. The summed E-state index contributed by atoms with van der Waals surface area (Å²) in [5, 5.41) is 0. The average Bonchev–Trinajstić information content (AvgIpc) is 2.28. The number of nitrogen functional groups attached to an aromatic ring is 1. The molecule has 1 aromatic carbocycles. The maximum absolute atomic E-state index is 10.9. The van der Waals surface area contributed by atoms with Gasteiger partial charge in [0.25, 0.3) is 0 Å². The molecule has 0 spiro atoms. The number of ether oxygens (including phenoxy) is 1. The molecule has 5 heteroatoms. The first-order valence-electron chi connectivity index (χ1n) is 4.82. The molecule has 0 aliphatic carbocycles. The third-order valence-electron chi connectivity index (χ3n) is 2.01. The monoisotopic (exact) mass is 303 g/mol. The van der Waals surface area contributed by atoms with Gasteiger partial charge < -0.3 is 10.5 Å². The van der Waals surface area contributed by atoms with Crippen molar-refractivity contribution in [1.29, 1.82) is 0 Å². The van der Waals surface area contributed by atoms with Crippen molar-refractivity contribution in [2.24, 2.45) is 0 Å². The van der Waals surface area contributed by atoms with Gasteiger partial charge in [0, 0.05) is 21.7 Å². The molecule has 3 nitrogen and oxygen atoms in total. The second kappa shape index (κ2) is 6.81. The zero-order chi connectivity index (χ0) is 12.0. The van der Waals surface area contributed by atoms with Crippen LogP contribution in [0.2, 0.25) is 0 Å². The third-order valence-corrected chi connectivity index (χ3v) is 3.76. The van der Waals surface area contributed by atoms with Crippen molar-refractivity contribution in [1.82, 2.24) is 0 Å². The Kier molecular flexibility index (Phi) is 5.69. The largest absolute Gasteiger partial charge is 0.469 e. The number of methoxy groups -OCH3 is 1. The third kappa shape index (κ3) is 4.45. The molecular formula is C11H14BrNO2S. The molecule has 0 bridgehead atoms. The van der Waals surface area contributed by atoms with Crippen LogP contribution in [0.15, 0.2) is 22.7 Å². The number of benzene rings is 1. The Morgan fingerprint density at radius 2 is 2.31 bits per heavy atom. The van der Waals surface area contributed by atoms with Crippen LogP contribution in [-0.4, -0.2) is 18.8 Å². The second-order valence-electron chi connectivity index (χ2n) is 3.23. The highest BCUT2D eigenvalue weighted by Gasteiger charge is 2.01. The molecule has 16 heavy (non-hydrogen) atoms. The van der Waals surface area contributed by atoms with Crippen LogP contribution >= 0.6 is 27.7 Å². The number of rotatable bonds is 5. The normalized spacial score (nSPS) is 10.1. The van der Waals surface area contributed by atoms with E-state index >= 15 is 0 Å². The molecule has 0 heterocycles. The number of thioether (sulfide) groups is 1. The lowest BCUT2D eigenvalue weighted by Crippen LogP contribution is -2.01. The molecule has 0 saturated carbocycles. The molecule has 0 fully saturated rings. The van der Waals surface area contributed by atoms with E-state index in [9.17, 15) is 4.79 Å². The van der Waals surface area contributed by atoms with Crippen molar-refractivity contribution in [2.75, 3.05) is 18.6 Å². The molecule has 0 radical (unpaired) electrons. The van der Waals surface area contributed by atoms with Crippen LogP contribution in [0.3, 0.4) is 0 Å². The van der Waals surface area contributed by atoms with E-state index in [1.807, 2.05) is 18.2 Å². The first kappa shape index (κ1) is 13.4. The fourth-order valence-corrected chi connectivity index (χ4v) is 2.25. The molecule has 0 aliphatic rings. The quantitative estimate of drug-likeness (QED) is 0.516. The number of hydrogen-bond acceptors (Lipinski definition) is 4. The van der Waals surface area contributed by atoms with Crippen LogP contribution < -0.4 is 5.73 Å². The van der Waals surface area contributed by atoms with Gasteiger partial charge >= 0.3 is 5.97 Å². The van der Waals surface area contributed by atoms with Gasteiger partial charge in [-0.05, 0) is 33.6 Å². The number of hydrogen-bond donors (Lipinski definition) is 1.